The second-order valence-corrected chi connectivity index (χ2v) is 3.78. The van der Waals surface area contributed by atoms with Crippen LogP contribution in [0.4, 0.5) is 0 Å². The van der Waals surface area contributed by atoms with Gasteiger partial charge in [0.05, 0.1) is 19.3 Å². The zero-order chi connectivity index (χ0) is 9.47. The molecule has 0 aliphatic carbocycles. The summed E-state index contributed by atoms with van der Waals surface area (Å²) in [6.07, 6.45) is 0. The van der Waals surface area contributed by atoms with Gasteiger partial charge in [0, 0.05) is 12.3 Å². The Hall–Kier alpha value is -0.940. The molecule has 5 nitrogen and oxygen atoms in total. The summed E-state index contributed by atoms with van der Waals surface area (Å²) < 4.78 is 10.4. The molecule has 0 saturated carbocycles. The highest BCUT2D eigenvalue weighted by Crippen LogP contribution is 2.37. The monoisotopic (exact) mass is 183 g/mol. The standard InChI is InChI=1S/C8H13N3O2/c1-5-10-11-7(13-5)6(9)8(2)3-12-4-8/h6H,3-4,9H2,1-2H3. The normalized spacial score (nSPS) is 22.4. The van der Waals surface area contributed by atoms with Gasteiger partial charge in [0.15, 0.2) is 0 Å². The van der Waals surface area contributed by atoms with E-state index in [1.165, 1.54) is 0 Å². The second kappa shape index (κ2) is 2.78. The maximum atomic E-state index is 5.97. The van der Waals surface area contributed by atoms with Crippen molar-refractivity contribution < 1.29 is 9.15 Å². The highest BCUT2D eigenvalue weighted by molar-refractivity contribution is 5.00. The minimum Gasteiger partial charge on any atom is -0.424 e. The van der Waals surface area contributed by atoms with Crippen molar-refractivity contribution in [1.29, 1.82) is 0 Å². The molecule has 0 bridgehead atoms. The first-order valence-corrected chi connectivity index (χ1v) is 4.25. The Kier molecular flexibility index (Phi) is 1.85. The SMILES string of the molecule is Cc1nnc(C(N)C2(C)COC2)o1. The highest BCUT2D eigenvalue weighted by atomic mass is 16.5. The lowest BCUT2D eigenvalue weighted by Gasteiger charge is -2.40. The molecular formula is C8H13N3O2. The summed E-state index contributed by atoms with van der Waals surface area (Å²) >= 11 is 0. The molecule has 1 aliphatic rings. The van der Waals surface area contributed by atoms with E-state index in [-0.39, 0.29) is 11.5 Å². The topological polar surface area (TPSA) is 74.2 Å². The van der Waals surface area contributed by atoms with E-state index in [9.17, 15) is 0 Å². The molecule has 1 unspecified atom stereocenters. The van der Waals surface area contributed by atoms with Crippen LogP contribution >= 0.6 is 0 Å². The predicted molar refractivity (Wildman–Crippen MR) is 44.9 cm³/mol. The number of hydrogen-bond donors (Lipinski definition) is 1. The van der Waals surface area contributed by atoms with Crippen LogP contribution in [0.5, 0.6) is 0 Å². The van der Waals surface area contributed by atoms with E-state index in [0.717, 1.165) is 0 Å². The third kappa shape index (κ3) is 1.34. The van der Waals surface area contributed by atoms with Crippen LogP contribution in [0.1, 0.15) is 24.7 Å². The molecule has 0 spiro atoms. The van der Waals surface area contributed by atoms with Gasteiger partial charge in [-0.25, -0.2) is 0 Å². The number of nitrogens with zero attached hydrogens (tertiary/aromatic N) is 2. The van der Waals surface area contributed by atoms with Gasteiger partial charge in [-0.15, -0.1) is 10.2 Å². The van der Waals surface area contributed by atoms with Crippen LogP contribution in [0.2, 0.25) is 0 Å². The lowest BCUT2D eigenvalue weighted by atomic mass is 9.81. The zero-order valence-corrected chi connectivity index (χ0v) is 7.78. The summed E-state index contributed by atoms with van der Waals surface area (Å²) in [5.41, 5.74) is 5.93. The molecule has 1 atom stereocenters. The fourth-order valence-corrected chi connectivity index (χ4v) is 1.34. The van der Waals surface area contributed by atoms with Crippen molar-refractivity contribution in [2.45, 2.75) is 19.9 Å². The van der Waals surface area contributed by atoms with Crippen molar-refractivity contribution in [2.75, 3.05) is 13.2 Å². The molecule has 0 radical (unpaired) electrons. The van der Waals surface area contributed by atoms with Crippen molar-refractivity contribution >= 4 is 0 Å². The Morgan fingerprint density at radius 3 is 2.54 bits per heavy atom. The highest BCUT2D eigenvalue weighted by Gasteiger charge is 2.42. The van der Waals surface area contributed by atoms with Crippen molar-refractivity contribution in [3.05, 3.63) is 11.8 Å². The largest absolute Gasteiger partial charge is 0.424 e. The third-order valence-corrected chi connectivity index (χ3v) is 2.42. The molecule has 1 fully saturated rings. The van der Waals surface area contributed by atoms with Gasteiger partial charge in [0.25, 0.3) is 0 Å². The quantitative estimate of drug-likeness (QED) is 0.719. The van der Waals surface area contributed by atoms with E-state index in [1.54, 1.807) is 6.92 Å². The van der Waals surface area contributed by atoms with Gasteiger partial charge >= 0.3 is 0 Å². The van der Waals surface area contributed by atoms with Gasteiger partial charge in [0.2, 0.25) is 11.8 Å². The van der Waals surface area contributed by atoms with E-state index in [1.807, 2.05) is 0 Å². The first-order chi connectivity index (χ1) is 6.12. The number of aryl methyl sites for hydroxylation is 1. The van der Waals surface area contributed by atoms with E-state index in [0.29, 0.717) is 25.0 Å². The lowest BCUT2D eigenvalue weighted by Crippen LogP contribution is -2.48. The van der Waals surface area contributed by atoms with Crippen LogP contribution in [0.25, 0.3) is 0 Å². The number of nitrogens with two attached hydrogens (primary N) is 1. The van der Waals surface area contributed by atoms with Crippen LogP contribution < -0.4 is 5.73 Å². The average Bonchev–Trinajstić information content (AvgIpc) is 2.46. The Labute approximate surface area is 76.3 Å². The number of aromatic nitrogens is 2. The maximum Gasteiger partial charge on any atom is 0.233 e. The fourth-order valence-electron chi connectivity index (χ4n) is 1.34. The maximum absolute atomic E-state index is 5.97. The summed E-state index contributed by atoms with van der Waals surface area (Å²) in [4.78, 5) is 0. The van der Waals surface area contributed by atoms with Crippen LogP contribution in [0.15, 0.2) is 4.42 Å². The van der Waals surface area contributed by atoms with Crippen LogP contribution in [-0.2, 0) is 4.74 Å². The Morgan fingerprint density at radius 1 is 1.46 bits per heavy atom. The molecular weight excluding hydrogens is 170 g/mol. The molecule has 2 rings (SSSR count). The molecule has 13 heavy (non-hydrogen) atoms. The Balaban J connectivity index is 2.17. The van der Waals surface area contributed by atoms with Gasteiger partial charge < -0.3 is 14.9 Å². The van der Waals surface area contributed by atoms with Crippen LogP contribution in [0, 0.1) is 12.3 Å². The van der Waals surface area contributed by atoms with E-state index in [4.69, 9.17) is 14.9 Å². The van der Waals surface area contributed by atoms with Crippen molar-refractivity contribution in [1.82, 2.24) is 10.2 Å². The molecule has 1 aromatic rings. The average molecular weight is 183 g/mol. The first kappa shape index (κ1) is 8.65. The summed E-state index contributed by atoms with van der Waals surface area (Å²) in [6, 6.07) is -0.220. The van der Waals surface area contributed by atoms with E-state index >= 15 is 0 Å². The lowest BCUT2D eigenvalue weighted by molar-refractivity contribution is -0.119. The predicted octanol–water partition coefficient (Wildman–Crippen LogP) is 0.414. The molecule has 2 N–H and O–H groups in total. The smallest absolute Gasteiger partial charge is 0.233 e. The first-order valence-electron chi connectivity index (χ1n) is 4.25. The third-order valence-electron chi connectivity index (χ3n) is 2.42. The van der Waals surface area contributed by atoms with E-state index in [2.05, 4.69) is 17.1 Å². The summed E-state index contributed by atoms with van der Waals surface area (Å²) in [5, 5.41) is 7.64. The molecule has 0 amide bonds. The summed E-state index contributed by atoms with van der Waals surface area (Å²) in [7, 11) is 0. The van der Waals surface area contributed by atoms with Crippen molar-refractivity contribution in [3.8, 4) is 0 Å². The van der Waals surface area contributed by atoms with Crippen LogP contribution in [-0.4, -0.2) is 23.4 Å². The number of ether oxygens (including phenoxy) is 1. The molecule has 1 aliphatic heterocycles. The molecule has 72 valence electrons. The van der Waals surface area contributed by atoms with Gasteiger partial charge in [-0.1, -0.05) is 6.92 Å². The Bertz CT molecular complexity index is 306. The van der Waals surface area contributed by atoms with Gasteiger partial charge in [0.1, 0.15) is 0 Å². The van der Waals surface area contributed by atoms with Crippen molar-refractivity contribution in [2.24, 2.45) is 11.1 Å². The minimum atomic E-state index is -0.220. The van der Waals surface area contributed by atoms with E-state index < -0.39 is 0 Å². The van der Waals surface area contributed by atoms with Gasteiger partial charge in [-0.3, -0.25) is 0 Å². The van der Waals surface area contributed by atoms with Crippen LogP contribution in [0.3, 0.4) is 0 Å². The molecule has 0 aromatic carbocycles. The number of hydrogen-bond acceptors (Lipinski definition) is 5. The summed E-state index contributed by atoms with van der Waals surface area (Å²) in [5.74, 6) is 1.05. The molecule has 1 aromatic heterocycles. The van der Waals surface area contributed by atoms with Gasteiger partial charge in [-0.2, -0.15) is 0 Å². The Morgan fingerprint density at radius 2 is 2.15 bits per heavy atom. The van der Waals surface area contributed by atoms with Gasteiger partial charge in [-0.05, 0) is 0 Å². The molecule has 5 heteroatoms. The zero-order valence-electron chi connectivity index (χ0n) is 7.78. The fraction of sp³-hybridized carbons (Fsp3) is 0.750. The summed E-state index contributed by atoms with van der Waals surface area (Å²) in [6.45, 7) is 5.13. The second-order valence-electron chi connectivity index (χ2n) is 3.78. The number of rotatable bonds is 2. The minimum absolute atomic E-state index is 0.0427. The molecule has 1 saturated heterocycles. The van der Waals surface area contributed by atoms with Crippen molar-refractivity contribution in [3.63, 3.8) is 0 Å². The molecule has 2 heterocycles.